The number of amides is 1. The van der Waals surface area contributed by atoms with Gasteiger partial charge in [0, 0.05) is 22.2 Å². The molecule has 1 N–H and O–H groups in total. The zero-order valence-electron chi connectivity index (χ0n) is 19.1. The molecule has 0 saturated carbocycles. The third-order valence-corrected chi connectivity index (χ3v) is 6.82. The van der Waals surface area contributed by atoms with E-state index in [9.17, 15) is 13.2 Å². The molecular formula is C26H25N3O4S. The summed E-state index contributed by atoms with van der Waals surface area (Å²) in [6.07, 6.45) is 0. The number of carbonyl (C=O) groups excluding carboxylic acids is 1. The highest BCUT2D eigenvalue weighted by Gasteiger charge is 2.22. The molecule has 1 heterocycles. The van der Waals surface area contributed by atoms with Crippen molar-refractivity contribution >= 4 is 21.4 Å². The van der Waals surface area contributed by atoms with Crippen LogP contribution in [0.15, 0.2) is 88.3 Å². The first-order valence-corrected chi connectivity index (χ1v) is 12.4. The van der Waals surface area contributed by atoms with Crippen LogP contribution < -0.4 is 5.32 Å². The first-order chi connectivity index (χ1) is 16.1. The fourth-order valence-corrected chi connectivity index (χ4v) is 4.64. The van der Waals surface area contributed by atoms with Crippen LogP contribution in [0.3, 0.4) is 0 Å². The molecule has 0 aliphatic rings. The van der Waals surface area contributed by atoms with Gasteiger partial charge in [-0.2, -0.15) is 4.98 Å². The van der Waals surface area contributed by atoms with E-state index in [1.165, 1.54) is 0 Å². The van der Waals surface area contributed by atoms with Gasteiger partial charge < -0.3 is 9.84 Å². The van der Waals surface area contributed by atoms with E-state index in [0.717, 1.165) is 5.56 Å². The minimum absolute atomic E-state index is 0.186. The van der Waals surface area contributed by atoms with Crippen LogP contribution in [0, 0.1) is 0 Å². The number of hydrogen-bond acceptors (Lipinski definition) is 6. The summed E-state index contributed by atoms with van der Waals surface area (Å²) in [4.78, 5) is 17.5. The predicted molar refractivity (Wildman–Crippen MR) is 130 cm³/mol. The SMILES string of the molecule is CC(C)(C)c1nc(-c2ccc(NC(=O)c3cccc(CS(=O)(=O)c4ccccc4)c3)cc2)no1. The van der Waals surface area contributed by atoms with E-state index in [4.69, 9.17) is 4.52 Å². The molecule has 4 rings (SSSR count). The molecule has 0 aliphatic carbocycles. The van der Waals surface area contributed by atoms with Gasteiger partial charge in [-0.15, -0.1) is 0 Å². The number of carbonyl (C=O) groups is 1. The first kappa shape index (κ1) is 23.4. The number of nitrogens with zero attached hydrogens (tertiary/aromatic N) is 2. The molecule has 0 saturated heterocycles. The van der Waals surface area contributed by atoms with Crippen molar-refractivity contribution in [2.75, 3.05) is 5.32 Å². The van der Waals surface area contributed by atoms with Gasteiger partial charge in [0.1, 0.15) is 0 Å². The molecule has 1 amide bonds. The molecule has 3 aromatic carbocycles. The smallest absolute Gasteiger partial charge is 0.255 e. The van der Waals surface area contributed by atoms with Crippen LogP contribution in [-0.4, -0.2) is 24.5 Å². The Morgan fingerprint density at radius 3 is 2.29 bits per heavy atom. The highest BCUT2D eigenvalue weighted by atomic mass is 32.2. The fourth-order valence-electron chi connectivity index (χ4n) is 3.28. The second-order valence-corrected chi connectivity index (χ2v) is 11.0. The van der Waals surface area contributed by atoms with E-state index in [0.29, 0.717) is 28.5 Å². The summed E-state index contributed by atoms with van der Waals surface area (Å²) in [5.41, 5.74) is 2.03. The maximum Gasteiger partial charge on any atom is 0.255 e. The molecule has 0 aliphatic heterocycles. The van der Waals surface area contributed by atoms with Crippen molar-refractivity contribution in [3.63, 3.8) is 0 Å². The Balaban J connectivity index is 1.45. The van der Waals surface area contributed by atoms with Crippen molar-refractivity contribution < 1.29 is 17.7 Å². The third-order valence-electron chi connectivity index (χ3n) is 5.12. The lowest BCUT2D eigenvalue weighted by molar-refractivity contribution is 0.102. The van der Waals surface area contributed by atoms with Crippen LogP contribution in [0.2, 0.25) is 0 Å². The Morgan fingerprint density at radius 1 is 0.941 bits per heavy atom. The van der Waals surface area contributed by atoms with E-state index < -0.39 is 9.84 Å². The first-order valence-electron chi connectivity index (χ1n) is 10.7. The van der Waals surface area contributed by atoms with E-state index in [-0.39, 0.29) is 22.0 Å². The number of hydrogen-bond donors (Lipinski definition) is 1. The molecule has 0 atom stereocenters. The number of nitrogens with one attached hydrogen (secondary N) is 1. The summed E-state index contributed by atoms with van der Waals surface area (Å²) in [5.74, 6) is 0.513. The number of rotatable bonds is 6. The molecule has 0 fully saturated rings. The van der Waals surface area contributed by atoms with Crippen molar-refractivity contribution in [1.29, 1.82) is 0 Å². The summed E-state index contributed by atoms with van der Waals surface area (Å²) in [6, 6.07) is 22.0. The normalized spacial score (nSPS) is 11.9. The van der Waals surface area contributed by atoms with Gasteiger partial charge in [0.15, 0.2) is 9.84 Å². The monoisotopic (exact) mass is 475 g/mol. The molecule has 7 nitrogen and oxygen atoms in total. The lowest BCUT2D eigenvalue weighted by atomic mass is 9.97. The zero-order valence-corrected chi connectivity index (χ0v) is 20.0. The maximum absolute atomic E-state index is 12.8. The van der Waals surface area contributed by atoms with E-state index in [1.54, 1.807) is 78.9 Å². The molecule has 0 bridgehead atoms. The minimum atomic E-state index is -3.50. The third kappa shape index (κ3) is 5.40. The van der Waals surface area contributed by atoms with Gasteiger partial charge in [0.25, 0.3) is 5.91 Å². The summed E-state index contributed by atoms with van der Waals surface area (Å²) in [6.45, 7) is 5.99. The molecule has 1 aromatic heterocycles. The predicted octanol–water partition coefficient (Wildman–Crippen LogP) is 5.26. The Morgan fingerprint density at radius 2 is 1.65 bits per heavy atom. The van der Waals surface area contributed by atoms with E-state index >= 15 is 0 Å². The van der Waals surface area contributed by atoms with Crippen LogP contribution in [0.1, 0.15) is 42.6 Å². The molecule has 34 heavy (non-hydrogen) atoms. The lowest BCUT2D eigenvalue weighted by Crippen LogP contribution is -2.13. The van der Waals surface area contributed by atoms with Gasteiger partial charge in [-0.3, -0.25) is 4.79 Å². The molecular weight excluding hydrogens is 450 g/mol. The van der Waals surface area contributed by atoms with Gasteiger partial charge in [0.2, 0.25) is 11.7 Å². The maximum atomic E-state index is 12.8. The Kier molecular flexibility index (Phi) is 6.34. The Labute approximate surface area is 198 Å². The van der Waals surface area contributed by atoms with Gasteiger partial charge in [0.05, 0.1) is 10.6 Å². The molecule has 8 heteroatoms. The summed E-state index contributed by atoms with van der Waals surface area (Å²) >= 11 is 0. The highest BCUT2D eigenvalue weighted by molar-refractivity contribution is 7.90. The van der Waals surface area contributed by atoms with Crippen molar-refractivity contribution in [3.8, 4) is 11.4 Å². The average Bonchev–Trinajstić information content (AvgIpc) is 3.31. The van der Waals surface area contributed by atoms with Crippen LogP contribution in [0.25, 0.3) is 11.4 Å². The molecule has 4 aromatic rings. The van der Waals surface area contributed by atoms with E-state index in [1.807, 2.05) is 20.8 Å². The zero-order chi connectivity index (χ0) is 24.3. The molecule has 174 valence electrons. The minimum Gasteiger partial charge on any atom is -0.338 e. The Hall–Kier alpha value is -3.78. The Bertz CT molecular complexity index is 1400. The highest BCUT2D eigenvalue weighted by Crippen LogP contribution is 2.25. The largest absolute Gasteiger partial charge is 0.338 e. The van der Waals surface area contributed by atoms with Gasteiger partial charge in [-0.1, -0.05) is 56.3 Å². The van der Waals surface area contributed by atoms with Crippen LogP contribution in [-0.2, 0) is 21.0 Å². The second-order valence-electron chi connectivity index (χ2n) is 8.98. The second kappa shape index (κ2) is 9.23. The van der Waals surface area contributed by atoms with Crippen LogP contribution >= 0.6 is 0 Å². The molecule has 0 unspecified atom stereocenters. The van der Waals surface area contributed by atoms with Crippen molar-refractivity contribution in [1.82, 2.24) is 10.1 Å². The molecule has 0 radical (unpaired) electrons. The number of anilines is 1. The van der Waals surface area contributed by atoms with Gasteiger partial charge >= 0.3 is 0 Å². The average molecular weight is 476 g/mol. The summed E-state index contributed by atoms with van der Waals surface area (Å²) < 4.78 is 30.7. The van der Waals surface area contributed by atoms with Crippen molar-refractivity contribution in [3.05, 3.63) is 95.9 Å². The lowest BCUT2D eigenvalue weighted by Gasteiger charge is -2.10. The van der Waals surface area contributed by atoms with Crippen LogP contribution in [0.4, 0.5) is 5.69 Å². The summed E-state index contributed by atoms with van der Waals surface area (Å²) in [5, 5.41) is 6.86. The number of aromatic nitrogens is 2. The topological polar surface area (TPSA) is 102 Å². The standard InChI is InChI=1S/C26H25N3O4S/c1-26(2,3)25-28-23(29-33-25)19-12-14-21(15-13-19)27-24(30)20-9-7-8-18(16-20)17-34(31,32)22-10-5-4-6-11-22/h4-16H,17H2,1-3H3,(H,27,30). The van der Waals surface area contributed by atoms with Crippen molar-refractivity contribution in [2.24, 2.45) is 0 Å². The fraction of sp³-hybridized carbons (Fsp3) is 0.192. The van der Waals surface area contributed by atoms with Gasteiger partial charge in [-0.25, -0.2) is 8.42 Å². The number of benzene rings is 3. The summed E-state index contributed by atoms with van der Waals surface area (Å²) in [7, 11) is -3.50. The quantitative estimate of drug-likeness (QED) is 0.408. The van der Waals surface area contributed by atoms with Crippen LogP contribution in [0.5, 0.6) is 0 Å². The number of sulfone groups is 1. The van der Waals surface area contributed by atoms with Gasteiger partial charge in [-0.05, 0) is 54.1 Å². The molecule has 0 spiro atoms. The van der Waals surface area contributed by atoms with E-state index in [2.05, 4.69) is 15.5 Å². The van der Waals surface area contributed by atoms with Crippen molar-refractivity contribution in [2.45, 2.75) is 36.8 Å².